The molecule has 0 bridgehead atoms. The van der Waals surface area contributed by atoms with Crippen molar-refractivity contribution in [3.05, 3.63) is 40.9 Å². The third-order valence-corrected chi connectivity index (χ3v) is 5.23. The monoisotopic (exact) mass is 330 g/mol. The molecule has 0 spiro atoms. The van der Waals surface area contributed by atoms with Crippen molar-refractivity contribution in [2.24, 2.45) is 0 Å². The molecule has 1 unspecified atom stereocenters. The normalized spacial score (nSPS) is 23.2. The molecule has 0 aromatic heterocycles. The molecule has 2 saturated heterocycles. The maximum atomic E-state index is 3.54. The number of hydrogen-bond donors (Lipinski definition) is 0. The van der Waals surface area contributed by atoms with Gasteiger partial charge in [0.2, 0.25) is 0 Å². The maximum Gasteiger partial charge on any atom is 0.0373 e. The molecule has 3 heteroatoms. The van der Waals surface area contributed by atoms with E-state index in [0.29, 0.717) is 0 Å². The number of piperazine rings is 1. The van der Waals surface area contributed by atoms with Gasteiger partial charge in [-0.15, -0.1) is 0 Å². The lowest BCUT2D eigenvalue weighted by atomic mass is 10.1. The molecule has 2 nitrogen and oxygen atoms in total. The SMILES string of the molecule is Brc1ccc2cc(N3CCN4CCCC4C3)ccc2c1. The van der Waals surface area contributed by atoms with E-state index in [1.54, 1.807) is 0 Å². The van der Waals surface area contributed by atoms with E-state index < -0.39 is 0 Å². The summed E-state index contributed by atoms with van der Waals surface area (Å²) in [6.07, 6.45) is 2.75. The van der Waals surface area contributed by atoms with E-state index in [9.17, 15) is 0 Å². The summed E-state index contributed by atoms with van der Waals surface area (Å²) < 4.78 is 1.15. The van der Waals surface area contributed by atoms with Crippen LogP contribution in [0.3, 0.4) is 0 Å². The molecule has 2 aliphatic rings. The molecule has 4 rings (SSSR count). The average Bonchev–Trinajstić information content (AvgIpc) is 2.94. The van der Waals surface area contributed by atoms with Crippen LogP contribution in [0.1, 0.15) is 12.8 Å². The summed E-state index contributed by atoms with van der Waals surface area (Å²) in [5.41, 5.74) is 1.38. The van der Waals surface area contributed by atoms with E-state index in [1.807, 2.05) is 0 Å². The minimum Gasteiger partial charge on any atom is -0.369 e. The van der Waals surface area contributed by atoms with E-state index in [2.05, 4.69) is 62.1 Å². The van der Waals surface area contributed by atoms with Gasteiger partial charge in [-0.1, -0.05) is 28.1 Å². The van der Waals surface area contributed by atoms with E-state index in [0.717, 1.165) is 10.5 Å². The van der Waals surface area contributed by atoms with E-state index in [1.165, 1.54) is 55.5 Å². The summed E-state index contributed by atoms with van der Waals surface area (Å²) in [5, 5.41) is 2.64. The molecule has 0 saturated carbocycles. The Morgan fingerprint density at radius 2 is 1.80 bits per heavy atom. The molecule has 20 heavy (non-hydrogen) atoms. The lowest BCUT2D eigenvalue weighted by molar-refractivity contribution is 0.231. The highest BCUT2D eigenvalue weighted by Crippen LogP contribution is 2.28. The summed E-state index contributed by atoms with van der Waals surface area (Å²) >= 11 is 3.54. The number of anilines is 1. The lowest BCUT2D eigenvalue weighted by Gasteiger charge is -2.38. The Bertz CT molecular complexity index is 640. The van der Waals surface area contributed by atoms with Crippen LogP contribution < -0.4 is 4.90 Å². The summed E-state index contributed by atoms with van der Waals surface area (Å²) in [4.78, 5) is 5.22. The maximum absolute atomic E-state index is 3.54. The number of halogens is 1. The zero-order chi connectivity index (χ0) is 13.5. The molecule has 2 aliphatic heterocycles. The van der Waals surface area contributed by atoms with Crippen LogP contribution in [0.5, 0.6) is 0 Å². The minimum atomic E-state index is 0.782. The first-order valence-corrected chi connectivity index (χ1v) is 8.27. The van der Waals surface area contributed by atoms with Gasteiger partial charge in [0.25, 0.3) is 0 Å². The summed E-state index contributed by atoms with van der Waals surface area (Å²) in [7, 11) is 0. The van der Waals surface area contributed by atoms with Gasteiger partial charge in [0, 0.05) is 35.8 Å². The Hall–Kier alpha value is -1.06. The summed E-state index contributed by atoms with van der Waals surface area (Å²) in [6.45, 7) is 4.90. The van der Waals surface area contributed by atoms with Gasteiger partial charge in [0.15, 0.2) is 0 Å². The van der Waals surface area contributed by atoms with Crippen LogP contribution in [0.25, 0.3) is 10.8 Å². The Morgan fingerprint density at radius 1 is 0.950 bits per heavy atom. The highest BCUT2D eigenvalue weighted by molar-refractivity contribution is 9.10. The van der Waals surface area contributed by atoms with Gasteiger partial charge >= 0.3 is 0 Å². The molecule has 2 heterocycles. The van der Waals surface area contributed by atoms with Crippen LogP contribution in [-0.4, -0.2) is 37.1 Å². The predicted octanol–water partition coefficient (Wildman–Crippen LogP) is 3.89. The van der Waals surface area contributed by atoms with E-state index in [4.69, 9.17) is 0 Å². The Morgan fingerprint density at radius 3 is 2.75 bits per heavy atom. The zero-order valence-corrected chi connectivity index (χ0v) is 13.1. The van der Waals surface area contributed by atoms with Crippen LogP contribution >= 0.6 is 15.9 Å². The van der Waals surface area contributed by atoms with Gasteiger partial charge in [-0.2, -0.15) is 0 Å². The van der Waals surface area contributed by atoms with Crippen molar-refractivity contribution in [2.45, 2.75) is 18.9 Å². The summed E-state index contributed by atoms with van der Waals surface area (Å²) in [6, 6.07) is 14.2. The molecule has 1 atom stereocenters. The molecule has 0 N–H and O–H groups in total. The molecule has 0 radical (unpaired) electrons. The fourth-order valence-electron chi connectivity index (χ4n) is 3.63. The van der Waals surface area contributed by atoms with Gasteiger partial charge in [-0.25, -0.2) is 0 Å². The van der Waals surface area contributed by atoms with Crippen molar-refractivity contribution in [2.75, 3.05) is 31.1 Å². The first kappa shape index (κ1) is 12.7. The van der Waals surface area contributed by atoms with Crippen molar-refractivity contribution in [1.29, 1.82) is 0 Å². The van der Waals surface area contributed by atoms with Crippen LogP contribution in [0.15, 0.2) is 40.9 Å². The second-order valence-electron chi connectivity index (χ2n) is 5.95. The molecule has 2 aromatic rings. The minimum absolute atomic E-state index is 0.782. The van der Waals surface area contributed by atoms with Crippen molar-refractivity contribution in [3.8, 4) is 0 Å². The fourth-order valence-corrected chi connectivity index (χ4v) is 4.01. The van der Waals surface area contributed by atoms with Gasteiger partial charge in [0.05, 0.1) is 0 Å². The topological polar surface area (TPSA) is 6.48 Å². The van der Waals surface area contributed by atoms with Crippen molar-refractivity contribution < 1.29 is 0 Å². The van der Waals surface area contributed by atoms with E-state index in [-0.39, 0.29) is 0 Å². The largest absolute Gasteiger partial charge is 0.369 e. The molecular formula is C17H19BrN2. The second-order valence-corrected chi connectivity index (χ2v) is 6.87. The Balaban J connectivity index is 1.63. The van der Waals surface area contributed by atoms with Gasteiger partial charge in [-0.05, 0) is 54.4 Å². The van der Waals surface area contributed by atoms with Gasteiger partial charge in [-0.3, -0.25) is 4.90 Å². The fraction of sp³-hybridized carbons (Fsp3) is 0.412. The number of fused-ring (bicyclic) bond motifs is 2. The van der Waals surface area contributed by atoms with Crippen molar-refractivity contribution in [3.63, 3.8) is 0 Å². The highest BCUT2D eigenvalue weighted by Gasteiger charge is 2.30. The molecule has 0 aliphatic carbocycles. The third kappa shape index (κ3) is 2.23. The van der Waals surface area contributed by atoms with Crippen LogP contribution in [0.4, 0.5) is 5.69 Å². The highest BCUT2D eigenvalue weighted by atomic mass is 79.9. The predicted molar refractivity (Wildman–Crippen MR) is 88.5 cm³/mol. The number of hydrogen-bond acceptors (Lipinski definition) is 2. The van der Waals surface area contributed by atoms with Crippen LogP contribution in [0.2, 0.25) is 0 Å². The smallest absolute Gasteiger partial charge is 0.0373 e. The van der Waals surface area contributed by atoms with Crippen molar-refractivity contribution >= 4 is 32.4 Å². The lowest BCUT2D eigenvalue weighted by Crippen LogP contribution is -2.50. The number of benzene rings is 2. The second kappa shape index (κ2) is 5.05. The van der Waals surface area contributed by atoms with Crippen molar-refractivity contribution in [1.82, 2.24) is 4.90 Å². The first-order valence-electron chi connectivity index (χ1n) is 7.48. The van der Waals surface area contributed by atoms with Gasteiger partial charge in [0.1, 0.15) is 0 Å². The van der Waals surface area contributed by atoms with E-state index >= 15 is 0 Å². The zero-order valence-electron chi connectivity index (χ0n) is 11.6. The Labute approximate surface area is 128 Å². The van der Waals surface area contributed by atoms with Crippen LogP contribution in [0, 0.1) is 0 Å². The molecule has 104 valence electrons. The number of nitrogens with zero attached hydrogens (tertiary/aromatic N) is 2. The first-order chi connectivity index (χ1) is 9.79. The molecular weight excluding hydrogens is 312 g/mol. The summed E-state index contributed by atoms with van der Waals surface area (Å²) in [5.74, 6) is 0. The number of rotatable bonds is 1. The third-order valence-electron chi connectivity index (χ3n) is 4.74. The molecule has 2 fully saturated rings. The Kier molecular flexibility index (Phi) is 3.20. The standard InChI is InChI=1S/C17H19BrN2/c18-15-5-3-14-11-16(6-4-13(14)10-15)20-9-8-19-7-1-2-17(19)12-20/h3-6,10-11,17H,1-2,7-9,12H2. The molecule has 0 amide bonds. The average molecular weight is 331 g/mol. The quantitative estimate of drug-likeness (QED) is 0.782. The van der Waals surface area contributed by atoms with Crippen LogP contribution in [-0.2, 0) is 0 Å². The van der Waals surface area contributed by atoms with Gasteiger partial charge < -0.3 is 4.90 Å². The molecule has 2 aromatic carbocycles.